The summed E-state index contributed by atoms with van der Waals surface area (Å²) in [4.78, 5) is 11.8. The second-order valence-electron chi connectivity index (χ2n) is 4.87. The fourth-order valence-corrected chi connectivity index (χ4v) is 2.02. The van der Waals surface area contributed by atoms with Crippen molar-refractivity contribution in [2.75, 3.05) is 19.0 Å². The summed E-state index contributed by atoms with van der Waals surface area (Å²) in [5.74, 6) is -1.14. The number of carbonyl (C=O) groups excluding carboxylic acids is 1. The van der Waals surface area contributed by atoms with Crippen LogP contribution >= 0.6 is 0 Å². The zero-order chi connectivity index (χ0) is 17.5. The maximum atomic E-state index is 13.5. The number of allylic oxidation sites excluding steroid dienone is 1. The molecule has 0 spiro atoms. The van der Waals surface area contributed by atoms with Gasteiger partial charge < -0.3 is 14.8 Å². The molecule has 0 aromatic heterocycles. The summed E-state index contributed by atoms with van der Waals surface area (Å²) in [7, 11) is 1.49. The molecule has 4 nitrogen and oxygen atoms in total. The SMILES string of the molecule is C/C=C/c1ccc(OCC(=O)Nc2cc(F)ccc2F)c(OC)c1. The number of rotatable bonds is 6. The molecule has 0 saturated heterocycles. The first-order valence-electron chi connectivity index (χ1n) is 7.22. The van der Waals surface area contributed by atoms with Crippen molar-refractivity contribution in [1.82, 2.24) is 0 Å². The number of ether oxygens (including phenoxy) is 2. The van der Waals surface area contributed by atoms with E-state index in [0.717, 1.165) is 23.8 Å². The van der Waals surface area contributed by atoms with Gasteiger partial charge in [-0.3, -0.25) is 4.79 Å². The lowest BCUT2D eigenvalue weighted by Gasteiger charge is -2.12. The standard InChI is InChI=1S/C18H17F2NO3/c1-3-4-12-5-8-16(17(9-12)23-2)24-11-18(22)21-15-10-13(19)6-7-14(15)20/h3-10H,11H2,1-2H3,(H,21,22)/b4-3+. The predicted molar refractivity (Wildman–Crippen MR) is 88.2 cm³/mol. The predicted octanol–water partition coefficient (Wildman–Crippen LogP) is 4.02. The van der Waals surface area contributed by atoms with Crippen LogP contribution in [0, 0.1) is 11.6 Å². The van der Waals surface area contributed by atoms with Crippen molar-refractivity contribution in [2.45, 2.75) is 6.92 Å². The Labute approximate surface area is 138 Å². The first-order valence-corrected chi connectivity index (χ1v) is 7.22. The molecule has 0 bridgehead atoms. The Hall–Kier alpha value is -2.89. The van der Waals surface area contributed by atoms with Gasteiger partial charge in [0.15, 0.2) is 18.1 Å². The van der Waals surface area contributed by atoms with Gasteiger partial charge in [-0.25, -0.2) is 8.78 Å². The Bertz CT molecular complexity index is 760. The Morgan fingerprint density at radius 1 is 1.17 bits per heavy atom. The van der Waals surface area contributed by atoms with E-state index < -0.39 is 17.5 Å². The molecular weight excluding hydrogens is 316 g/mol. The molecule has 0 fully saturated rings. The van der Waals surface area contributed by atoms with Gasteiger partial charge in [0.1, 0.15) is 11.6 Å². The van der Waals surface area contributed by atoms with Crippen LogP contribution in [0.2, 0.25) is 0 Å². The fourth-order valence-electron chi connectivity index (χ4n) is 2.02. The smallest absolute Gasteiger partial charge is 0.262 e. The normalized spacial score (nSPS) is 10.7. The summed E-state index contributed by atoms with van der Waals surface area (Å²) in [5.41, 5.74) is 0.687. The van der Waals surface area contributed by atoms with Crippen LogP contribution in [0.4, 0.5) is 14.5 Å². The second-order valence-corrected chi connectivity index (χ2v) is 4.87. The minimum atomic E-state index is -0.724. The molecule has 0 unspecified atom stereocenters. The van der Waals surface area contributed by atoms with Gasteiger partial charge in [-0.05, 0) is 36.8 Å². The minimum Gasteiger partial charge on any atom is -0.493 e. The Morgan fingerprint density at radius 3 is 2.67 bits per heavy atom. The summed E-state index contributed by atoms with van der Waals surface area (Å²) in [6, 6.07) is 8.05. The molecule has 6 heteroatoms. The van der Waals surface area contributed by atoms with Crippen LogP contribution in [-0.4, -0.2) is 19.6 Å². The number of anilines is 1. The molecule has 0 aliphatic rings. The molecule has 0 aliphatic heterocycles. The van der Waals surface area contributed by atoms with Gasteiger partial charge in [-0.2, -0.15) is 0 Å². The van der Waals surface area contributed by atoms with Crippen LogP contribution in [0.3, 0.4) is 0 Å². The highest BCUT2D eigenvalue weighted by Crippen LogP contribution is 2.28. The number of halogens is 2. The van der Waals surface area contributed by atoms with Gasteiger partial charge in [0.2, 0.25) is 0 Å². The van der Waals surface area contributed by atoms with Gasteiger partial charge in [0.25, 0.3) is 5.91 Å². The van der Waals surface area contributed by atoms with Crippen molar-refractivity contribution in [3.63, 3.8) is 0 Å². The molecule has 126 valence electrons. The summed E-state index contributed by atoms with van der Waals surface area (Å²) in [6.45, 7) is 1.53. The van der Waals surface area contributed by atoms with Crippen molar-refractivity contribution >= 4 is 17.7 Å². The van der Waals surface area contributed by atoms with E-state index in [1.807, 2.05) is 25.1 Å². The maximum absolute atomic E-state index is 13.5. The summed E-state index contributed by atoms with van der Waals surface area (Å²) in [6.07, 6.45) is 3.78. The van der Waals surface area contributed by atoms with Crippen LogP contribution in [0.25, 0.3) is 6.08 Å². The molecule has 2 rings (SSSR count). The van der Waals surface area contributed by atoms with E-state index in [-0.39, 0.29) is 12.3 Å². The van der Waals surface area contributed by atoms with Crippen molar-refractivity contribution in [2.24, 2.45) is 0 Å². The monoisotopic (exact) mass is 333 g/mol. The molecule has 1 N–H and O–H groups in total. The van der Waals surface area contributed by atoms with Crippen LogP contribution in [0.15, 0.2) is 42.5 Å². The molecule has 0 heterocycles. The van der Waals surface area contributed by atoms with Gasteiger partial charge in [-0.1, -0.05) is 18.2 Å². The van der Waals surface area contributed by atoms with Crippen molar-refractivity contribution < 1.29 is 23.0 Å². The lowest BCUT2D eigenvalue weighted by molar-refractivity contribution is -0.118. The summed E-state index contributed by atoms with van der Waals surface area (Å²) >= 11 is 0. The zero-order valence-electron chi connectivity index (χ0n) is 13.3. The third-order valence-corrected chi connectivity index (χ3v) is 3.11. The first-order chi connectivity index (χ1) is 11.5. The van der Waals surface area contributed by atoms with Crippen molar-refractivity contribution in [3.05, 3.63) is 59.7 Å². The van der Waals surface area contributed by atoms with Gasteiger partial charge in [0.05, 0.1) is 12.8 Å². The van der Waals surface area contributed by atoms with Crippen LogP contribution in [0.1, 0.15) is 12.5 Å². The number of hydrogen-bond acceptors (Lipinski definition) is 3. The highest BCUT2D eigenvalue weighted by Gasteiger charge is 2.11. The molecular formula is C18H17F2NO3. The minimum absolute atomic E-state index is 0.237. The van der Waals surface area contributed by atoms with Crippen LogP contribution in [0.5, 0.6) is 11.5 Å². The Morgan fingerprint density at radius 2 is 1.96 bits per heavy atom. The molecule has 2 aromatic carbocycles. The van der Waals surface area contributed by atoms with Crippen molar-refractivity contribution in [3.8, 4) is 11.5 Å². The molecule has 0 aliphatic carbocycles. The molecule has 0 radical (unpaired) electrons. The van der Waals surface area contributed by atoms with Gasteiger partial charge in [0, 0.05) is 6.07 Å². The van der Waals surface area contributed by atoms with E-state index in [1.54, 1.807) is 12.1 Å². The molecule has 0 atom stereocenters. The topological polar surface area (TPSA) is 47.6 Å². The summed E-state index contributed by atoms with van der Waals surface area (Å²) in [5, 5.41) is 2.26. The molecule has 1 amide bonds. The quantitative estimate of drug-likeness (QED) is 0.868. The lowest BCUT2D eigenvalue weighted by atomic mass is 10.2. The Balaban J connectivity index is 2.02. The molecule has 2 aromatic rings. The third kappa shape index (κ3) is 4.55. The number of carbonyl (C=O) groups is 1. The second kappa shape index (κ2) is 8.10. The summed E-state index contributed by atoms with van der Waals surface area (Å²) < 4.78 is 37.2. The highest BCUT2D eigenvalue weighted by atomic mass is 19.1. The van der Waals surface area contributed by atoms with Gasteiger partial charge >= 0.3 is 0 Å². The third-order valence-electron chi connectivity index (χ3n) is 3.11. The van der Waals surface area contributed by atoms with E-state index in [0.29, 0.717) is 11.5 Å². The molecule has 24 heavy (non-hydrogen) atoms. The maximum Gasteiger partial charge on any atom is 0.262 e. The number of amides is 1. The van der Waals surface area contributed by atoms with Crippen LogP contribution in [-0.2, 0) is 4.79 Å². The average Bonchev–Trinajstić information content (AvgIpc) is 2.57. The van der Waals surface area contributed by atoms with Gasteiger partial charge in [-0.15, -0.1) is 0 Å². The lowest BCUT2D eigenvalue weighted by Crippen LogP contribution is -2.21. The first kappa shape index (κ1) is 17.5. The number of benzene rings is 2. The van der Waals surface area contributed by atoms with E-state index in [2.05, 4.69) is 5.32 Å². The van der Waals surface area contributed by atoms with Crippen LogP contribution < -0.4 is 14.8 Å². The van der Waals surface area contributed by atoms with E-state index in [9.17, 15) is 13.6 Å². The Kier molecular flexibility index (Phi) is 5.89. The van der Waals surface area contributed by atoms with Crippen molar-refractivity contribution in [1.29, 1.82) is 0 Å². The number of nitrogens with one attached hydrogen (secondary N) is 1. The van der Waals surface area contributed by atoms with E-state index >= 15 is 0 Å². The number of hydrogen-bond donors (Lipinski definition) is 1. The number of methoxy groups -OCH3 is 1. The fraction of sp³-hybridized carbons (Fsp3) is 0.167. The molecule has 0 saturated carbocycles. The highest BCUT2D eigenvalue weighted by molar-refractivity contribution is 5.92. The average molecular weight is 333 g/mol. The largest absolute Gasteiger partial charge is 0.493 e. The zero-order valence-corrected chi connectivity index (χ0v) is 13.3. The van der Waals surface area contributed by atoms with E-state index in [1.165, 1.54) is 7.11 Å². The van der Waals surface area contributed by atoms with E-state index in [4.69, 9.17) is 9.47 Å².